The van der Waals surface area contributed by atoms with Crippen LogP contribution in [-0.4, -0.2) is 43.6 Å². The lowest BCUT2D eigenvalue weighted by Gasteiger charge is -2.20. The third-order valence-electron chi connectivity index (χ3n) is 4.83. The highest BCUT2D eigenvalue weighted by Gasteiger charge is 2.37. The zero-order valence-electron chi connectivity index (χ0n) is 13.6. The number of anilines is 1. The molecule has 2 atom stereocenters. The molecular weight excluding hydrogens is 373 g/mol. The maximum atomic E-state index is 12.4. The minimum Gasteiger partial charge on any atom is -0.496 e. The highest BCUT2D eigenvalue weighted by Crippen LogP contribution is 2.32. The lowest BCUT2D eigenvalue weighted by Crippen LogP contribution is -2.35. The average molecular weight is 397 g/mol. The molecule has 0 radical (unpaired) electrons. The Morgan fingerprint density at radius 2 is 2.12 bits per heavy atom. The van der Waals surface area contributed by atoms with Crippen LogP contribution in [0.25, 0.3) is 0 Å². The zero-order valence-corrected chi connectivity index (χ0v) is 16.0. The van der Waals surface area contributed by atoms with E-state index in [2.05, 4.69) is 10.2 Å². The van der Waals surface area contributed by atoms with E-state index >= 15 is 0 Å². The SMILES string of the molecule is COc1cc(N)c(Cl)cc1C(=O)NCC1CCN2CCCC12.Cl.Cl. The van der Waals surface area contributed by atoms with Crippen LogP contribution >= 0.6 is 36.4 Å². The number of carbonyl (C=O) groups is 1. The van der Waals surface area contributed by atoms with E-state index in [4.69, 9.17) is 22.1 Å². The van der Waals surface area contributed by atoms with Gasteiger partial charge in [0.2, 0.25) is 0 Å². The van der Waals surface area contributed by atoms with Crippen molar-refractivity contribution in [2.24, 2.45) is 5.92 Å². The molecule has 0 aliphatic carbocycles. The molecule has 24 heavy (non-hydrogen) atoms. The second kappa shape index (κ2) is 8.99. The minimum absolute atomic E-state index is 0. The molecule has 2 saturated heterocycles. The van der Waals surface area contributed by atoms with Crippen LogP contribution in [0, 0.1) is 5.92 Å². The number of methoxy groups -OCH3 is 1. The lowest BCUT2D eigenvalue weighted by atomic mass is 9.98. The van der Waals surface area contributed by atoms with Crippen LogP contribution in [0.4, 0.5) is 5.69 Å². The number of hydrogen-bond donors (Lipinski definition) is 2. The summed E-state index contributed by atoms with van der Waals surface area (Å²) in [5, 5.41) is 3.40. The molecule has 2 heterocycles. The van der Waals surface area contributed by atoms with Crippen molar-refractivity contribution >= 4 is 48.0 Å². The highest BCUT2D eigenvalue weighted by molar-refractivity contribution is 6.33. The average Bonchev–Trinajstić information content (AvgIpc) is 3.10. The predicted octanol–water partition coefficient (Wildman–Crippen LogP) is 2.99. The van der Waals surface area contributed by atoms with Gasteiger partial charge < -0.3 is 20.7 Å². The van der Waals surface area contributed by atoms with Gasteiger partial charge in [0, 0.05) is 18.7 Å². The van der Waals surface area contributed by atoms with Crippen molar-refractivity contribution < 1.29 is 9.53 Å². The summed E-state index contributed by atoms with van der Waals surface area (Å²) >= 11 is 6.02. The number of nitrogen functional groups attached to an aromatic ring is 1. The van der Waals surface area contributed by atoms with Gasteiger partial charge in [-0.1, -0.05) is 11.6 Å². The number of carbonyl (C=O) groups excluding carboxylic acids is 1. The van der Waals surface area contributed by atoms with Crippen LogP contribution in [0.1, 0.15) is 29.6 Å². The third kappa shape index (κ3) is 4.20. The molecule has 136 valence electrons. The molecule has 2 aliphatic heterocycles. The van der Waals surface area contributed by atoms with Gasteiger partial charge in [-0.05, 0) is 44.3 Å². The van der Waals surface area contributed by atoms with Crippen molar-refractivity contribution in [3.63, 3.8) is 0 Å². The molecule has 1 aromatic rings. The molecule has 2 aliphatic rings. The fourth-order valence-electron chi connectivity index (χ4n) is 3.66. The van der Waals surface area contributed by atoms with Crippen molar-refractivity contribution in [2.75, 3.05) is 32.5 Å². The van der Waals surface area contributed by atoms with Crippen molar-refractivity contribution in [1.29, 1.82) is 0 Å². The van der Waals surface area contributed by atoms with Gasteiger partial charge in [0.1, 0.15) is 5.75 Å². The molecular formula is C16H24Cl3N3O2. The third-order valence-corrected chi connectivity index (χ3v) is 5.16. The first-order valence-electron chi connectivity index (χ1n) is 7.75. The summed E-state index contributed by atoms with van der Waals surface area (Å²) in [5.41, 5.74) is 6.59. The number of nitrogens with zero attached hydrogens (tertiary/aromatic N) is 1. The first-order valence-corrected chi connectivity index (χ1v) is 8.13. The molecule has 2 fully saturated rings. The Labute approximate surface area is 160 Å². The first-order chi connectivity index (χ1) is 10.6. The van der Waals surface area contributed by atoms with E-state index in [0.717, 1.165) is 13.0 Å². The zero-order chi connectivity index (χ0) is 15.7. The molecule has 0 aromatic heterocycles. The van der Waals surface area contributed by atoms with Gasteiger partial charge in [0.15, 0.2) is 0 Å². The van der Waals surface area contributed by atoms with E-state index in [1.807, 2.05) is 0 Å². The molecule has 5 nitrogen and oxygen atoms in total. The Morgan fingerprint density at radius 3 is 2.83 bits per heavy atom. The molecule has 1 amide bonds. The van der Waals surface area contributed by atoms with Crippen LogP contribution in [0.5, 0.6) is 5.75 Å². The molecule has 3 rings (SSSR count). The topological polar surface area (TPSA) is 67.6 Å². The standard InChI is InChI=1S/C16H22ClN3O2.2ClH/c1-22-15-8-13(18)12(17)7-11(15)16(21)19-9-10-4-6-20-5-2-3-14(10)20;;/h7-8,10,14H,2-6,9,18H2,1H3,(H,19,21);2*1H. The van der Waals surface area contributed by atoms with Crippen molar-refractivity contribution in [3.05, 3.63) is 22.7 Å². The van der Waals surface area contributed by atoms with E-state index in [1.165, 1.54) is 26.5 Å². The highest BCUT2D eigenvalue weighted by atomic mass is 35.5. The minimum atomic E-state index is -0.157. The van der Waals surface area contributed by atoms with Gasteiger partial charge in [0.05, 0.1) is 23.4 Å². The quantitative estimate of drug-likeness (QED) is 0.768. The maximum absolute atomic E-state index is 12.4. The molecule has 0 bridgehead atoms. The lowest BCUT2D eigenvalue weighted by molar-refractivity contribution is 0.0941. The van der Waals surface area contributed by atoms with Crippen LogP contribution in [0.2, 0.25) is 5.02 Å². The number of benzene rings is 1. The van der Waals surface area contributed by atoms with Gasteiger partial charge in [-0.3, -0.25) is 4.79 Å². The molecule has 0 saturated carbocycles. The second-order valence-electron chi connectivity index (χ2n) is 6.08. The summed E-state index contributed by atoms with van der Waals surface area (Å²) in [5.74, 6) is 0.838. The fourth-order valence-corrected chi connectivity index (χ4v) is 3.82. The number of fused-ring (bicyclic) bond motifs is 1. The van der Waals surface area contributed by atoms with Crippen molar-refractivity contribution in [3.8, 4) is 5.75 Å². The number of nitrogens with one attached hydrogen (secondary N) is 1. The van der Waals surface area contributed by atoms with Gasteiger partial charge in [-0.15, -0.1) is 24.8 Å². The van der Waals surface area contributed by atoms with E-state index < -0.39 is 0 Å². The smallest absolute Gasteiger partial charge is 0.255 e. The van der Waals surface area contributed by atoms with Gasteiger partial charge in [-0.2, -0.15) is 0 Å². The monoisotopic (exact) mass is 395 g/mol. The molecule has 2 unspecified atom stereocenters. The summed E-state index contributed by atoms with van der Waals surface area (Å²) in [6, 6.07) is 3.80. The number of amides is 1. The van der Waals surface area contributed by atoms with Crippen LogP contribution in [-0.2, 0) is 0 Å². The number of rotatable bonds is 4. The Morgan fingerprint density at radius 1 is 1.38 bits per heavy atom. The van der Waals surface area contributed by atoms with Gasteiger partial charge in [-0.25, -0.2) is 0 Å². The van der Waals surface area contributed by atoms with E-state index in [0.29, 0.717) is 40.5 Å². The van der Waals surface area contributed by atoms with Crippen molar-refractivity contribution in [2.45, 2.75) is 25.3 Å². The summed E-state index contributed by atoms with van der Waals surface area (Å²) < 4.78 is 5.24. The summed E-state index contributed by atoms with van der Waals surface area (Å²) in [7, 11) is 1.52. The van der Waals surface area contributed by atoms with Crippen LogP contribution in [0.15, 0.2) is 12.1 Å². The Kier molecular flexibility index (Phi) is 7.93. The first kappa shape index (κ1) is 21.2. The number of halogens is 3. The molecule has 3 N–H and O–H groups in total. The van der Waals surface area contributed by atoms with Crippen LogP contribution in [0.3, 0.4) is 0 Å². The molecule has 1 aromatic carbocycles. The number of ether oxygens (including phenoxy) is 1. The molecule has 0 spiro atoms. The van der Waals surface area contributed by atoms with E-state index in [9.17, 15) is 4.79 Å². The van der Waals surface area contributed by atoms with E-state index in [-0.39, 0.29) is 30.7 Å². The maximum Gasteiger partial charge on any atom is 0.255 e. The molecule has 8 heteroatoms. The number of hydrogen-bond acceptors (Lipinski definition) is 4. The summed E-state index contributed by atoms with van der Waals surface area (Å²) in [4.78, 5) is 15.0. The Bertz CT molecular complexity index is 586. The predicted molar refractivity (Wildman–Crippen MR) is 102 cm³/mol. The Balaban J connectivity index is 0.00000144. The Hall–Kier alpha value is -0.880. The van der Waals surface area contributed by atoms with Gasteiger partial charge >= 0.3 is 0 Å². The summed E-state index contributed by atoms with van der Waals surface area (Å²) in [6.45, 7) is 3.06. The van der Waals surface area contributed by atoms with Crippen molar-refractivity contribution in [1.82, 2.24) is 10.2 Å². The fraction of sp³-hybridized carbons (Fsp3) is 0.562. The van der Waals surface area contributed by atoms with E-state index in [1.54, 1.807) is 12.1 Å². The van der Waals surface area contributed by atoms with Crippen LogP contribution < -0.4 is 15.8 Å². The van der Waals surface area contributed by atoms with Gasteiger partial charge in [0.25, 0.3) is 5.91 Å². The number of nitrogens with two attached hydrogens (primary N) is 1. The summed E-state index contributed by atoms with van der Waals surface area (Å²) in [6.07, 6.45) is 3.68. The largest absolute Gasteiger partial charge is 0.496 e. The normalized spacial score (nSPS) is 22.2. The second-order valence-corrected chi connectivity index (χ2v) is 6.49.